The Morgan fingerprint density at radius 1 is 1.06 bits per heavy atom. The lowest BCUT2D eigenvalue weighted by Crippen LogP contribution is -2.39. The predicted molar refractivity (Wildman–Crippen MR) is 132 cm³/mol. The van der Waals surface area contributed by atoms with Crippen molar-refractivity contribution in [2.24, 2.45) is 0 Å². The van der Waals surface area contributed by atoms with E-state index in [1.165, 1.54) is 5.56 Å². The van der Waals surface area contributed by atoms with Gasteiger partial charge in [0.15, 0.2) is 0 Å². The average Bonchev–Trinajstić information content (AvgIpc) is 3.30. The van der Waals surface area contributed by atoms with Crippen LogP contribution in [-0.4, -0.2) is 43.5 Å². The average molecular weight is 455 g/mol. The lowest BCUT2D eigenvalue weighted by atomic mass is 9.95. The molecule has 1 N–H and O–H groups in total. The van der Waals surface area contributed by atoms with Gasteiger partial charge in [-0.05, 0) is 54.5 Å². The van der Waals surface area contributed by atoms with Crippen molar-refractivity contribution in [2.45, 2.75) is 38.5 Å². The Morgan fingerprint density at radius 2 is 1.91 bits per heavy atom. The molecule has 0 saturated carbocycles. The summed E-state index contributed by atoms with van der Waals surface area (Å²) in [5.74, 6) is 0. The number of nitrogens with zero attached hydrogens (tertiary/aromatic N) is 4. The summed E-state index contributed by atoms with van der Waals surface area (Å²) in [6.45, 7) is 3.72. The van der Waals surface area contributed by atoms with Gasteiger partial charge in [0.2, 0.25) is 0 Å². The first-order valence-corrected chi connectivity index (χ1v) is 11.8. The molecule has 7 heteroatoms. The Balaban J connectivity index is 1.54. The zero-order chi connectivity index (χ0) is 23.2. The molecule has 2 atom stereocenters. The highest BCUT2D eigenvalue weighted by molar-refractivity contribution is 6.06. The number of pyridine rings is 1. The van der Waals surface area contributed by atoms with Crippen LogP contribution in [0.15, 0.2) is 66.0 Å². The molecule has 1 fully saturated rings. The van der Waals surface area contributed by atoms with E-state index in [0.29, 0.717) is 30.4 Å². The Hall–Kier alpha value is -3.55. The second kappa shape index (κ2) is 8.34. The number of benzene rings is 2. The Bertz CT molecular complexity index is 1590. The summed E-state index contributed by atoms with van der Waals surface area (Å²) in [4.78, 5) is 22.9. The third-order valence-electron chi connectivity index (χ3n) is 7.00. The van der Waals surface area contributed by atoms with Gasteiger partial charge in [0.05, 0.1) is 36.0 Å². The van der Waals surface area contributed by atoms with Gasteiger partial charge in [-0.15, -0.1) is 0 Å². The molecule has 6 rings (SSSR count). The quantitative estimate of drug-likeness (QED) is 0.418. The molecule has 0 spiro atoms. The second-order valence-electron chi connectivity index (χ2n) is 8.92. The smallest absolute Gasteiger partial charge is 0.261 e. The number of hydrogen-bond donors (Lipinski definition) is 1. The Morgan fingerprint density at radius 3 is 2.74 bits per heavy atom. The lowest BCUT2D eigenvalue weighted by molar-refractivity contribution is -0.0395. The SMILES string of the molecule is CCn1ccc2c(Cc3cc4c(=O)n([C@H]5CCOC[C@@H]5O)cnc4c4ccccc34)ccnc21. The molecular weight excluding hydrogens is 428 g/mol. The van der Waals surface area contributed by atoms with Crippen LogP contribution in [0.3, 0.4) is 0 Å². The molecule has 3 aromatic heterocycles. The molecule has 1 saturated heterocycles. The number of rotatable bonds is 4. The summed E-state index contributed by atoms with van der Waals surface area (Å²) >= 11 is 0. The third kappa shape index (κ3) is 3.31. The summed E-state index contributed by atoms with van der Waals surface area (Å²) in [7, 11) is 0. The summed E-state index contributed by atoms with van der Waals surface area (Å²) in [5.41, 5.74) is 3.79. The van der Waals surface area contributed by atoms with E-state index in [9.17, 15) is 9.90 Å². The van der Waals surface area contributed by atoms with Gasteiger partial charge in [0, 0.05) is 36.3 Å². The fourth-order valence-corrected chi connectivity index (χ4v) is 5.23. The molecule has 0 radical (unpaired) electrons. The van der Waals surface area contributed by atoms with Crippen molar-refractivity contribution in [1.29, 1.82) is 0 Å². The number of aryl methyl sites for hydroxylation is 1. The van der Waals surface area contributed by atoms with Crippen LogP contribution < -0.4 is 5.56 Å². The zero-order valence-corrected chi connectivity index (χ0v) is 19.0. The van der Waals surface area contributed by atoms with Crippen molar-refractivity contribution in [3.63, 3.8) is 0 Å². The normalized spacial score (nSPS) is 18.8. The van der Waals surface area contributed by atoms with Crippen molar-refractivity contribution in [1.82, 2.24) is 19.1 Å². The highest BCUT2D eigenvalue weighted by Crippen LogP contribution is 2.30. The molecule has 172 valence electrons. The van der Waals surface area contributed by atoms with Crippen molar-refractivity contribution in [3.8, 4) is 0 Å². The van der Waals surface area contributed by atoms with E-state index in [4.69, 9.17) is 4.74 Å². The largest absolute Gasteiger partial charge is 0.389 e. The fraction of sp³-hybridized carbons (Fsp3) is 0.296. The van der Waals surface area contributed by atoms with E-state index in [1.54, 1.807) is 10.9 Å². The molecule has 7 nitrogen and oxygen atoms in total. The molecule has 0 unspecified atom stereocenters. The number of hydrogen-bond acceptors (Lipinski definition) is 5. The van der Waals surface area contributed by atoms with Crippen LogP contribution in [0.1, 0.15) is 30.5 Å². The van der Waals surface area contributed by atoms with Crippen molar-refractivity contribution < 1.29 is 9.84 Å². The zero-order valence-electron chi connectivity index (χ0n) is 19.0. The number of fused-ring (bicyclic) bond motifs is 4. The van der Waals surface area contributed by atoms with E-state index in [1.807, 2.05) is 30.5 Å². The highest BCUT2D eigenvalue weighted by Gasteiger charge is 2.27. The second-order valence-corrected chi connectivity index (χ2v) is 8.92. The molecular formula is C27H26N4O3. The number of ether oxygens (including phenoxy) is 1. The van der Waals surface area contributed by atoms with Crippen molar-refractivity contribution >= 4 is 32.7 Å². The molecule has 4 heterocycles. The van der Waals surface area contributed by atoms with Gasteiger partial charge in [0.1, 0.15) is 5.65 Å². The van der Waals surface area contributed by atoms with E-state index < -0.39 is 6.10 Å². The van der Waals surface area contributed by atoms with E-state index >= 15 is 0 Å². The maximum absolute atomic E-state index is 13.6. The first-order valence-electron chi connectivity index (χ1n) is 11.8. The number of aromatic nitrogens is 4. The van der Waals surface area contributed by atoms with Gasteiger partial charge < -0.3 is 14.4 Å². The maximum atomic E-state index is 13.6. The van der Waals surface area contributed by atoms with Crippen LogP contribution in [0.5, 0.6) is 0 Å². The summed E-state index contributed by atoms with van der Waals surface area (Å²) < 4.78 is 9.08. The van der Waals surface area contributed by atoms with Crippen molar-refractivity contribution in [2.75, 3.05) is 13.2 Å². The molecule has 0 amide bonds. The third-order valence-corrected chi connectivity index (χ3v) is 7.00. The van der Waals surface area contributed by atoms with Gasteiger partial charge in [0.25, 0.3) is 5.56 Å². The summed E-state index contributed by atoms with van der Waals surface area (Å²) in [6.07, 6.45) is 6.04. The van der Waals surface area contributed by atoms with Gasteiger partial charge in [-0.25, -0.2) is 9.97 Å². The van der Waals surface area contributed by atoms with Crippen LogP contribution in [0.4, 0.5) is 0 Å². The topological polar surface area (TPSA) is 82.2 Å². The standard InChI is InChI=1S/C27H26N4O3/c1-2-30-11-8-20-17(7-10-28-26(20)30)13-18-14-22-25(21-6-4-3-5-19(18)21)29-16-31(27(22)33)23-9-12-34-15-24(23)32/h3-8,10-11,14,16,23-24,32H,2,9,12-13,15H2,1H3/t23-,24-/m0/s1. The molecule has 1 aliphatic heterocycles. The molecule has 1 aliphatic rings. The fourth-order valence-electron chi connectivity index (χ4n) is 5.23. The Labute approximate surface area is 196 Å². The minimum Gasteiger partial charge on any atom is -0.389 e. The van der Waals surface area contributed by atoms with Gasteiger partial charge >= 0.3 is 0 Å². The van der Waals surface area contributed by atoms with Crippen LogP contribution in [-0.2, 0) is 17.7 Å². The first-order chi connectivity index (χ1) is 16.7. The monoisotopic (exact) mass is 454 g/mol. The van der Waals surface area contributed by atoms with E-state index in [0.717, 1.165) is 33.9 Å². The van der Waals surface area contributed by atoms with Crippen LogP contribution in [0, 0.1) is 0 Å². The predicted octanol–water partition coefficient (Wildman–Crippen LogP) is 3.83. The summed E-state index contributed by atoms with van der Waals surface area (Å²) in [5, 5.41) is 14.2. The van der Waals surface area contributed by atoms with Crippen LogP contribution in [0.2, 0.25) is 0 Å². The van der Waals surface area contributed by atoms with Crippen LogP contribution in [0.25, 0.3) is 32.7 Å². The number of aliphatic hydroxyl groups excluding tert-OH is 1. The van der Waals surface area contributed by atoms with Crippen molar-refractivity contribution in [3.05, 3.63) is 82.7 Å². The Kier molecular flexibility index (Phi) is 5.16. The maximum Gasteiger partial charge on any atom is 0.261 e. The van der Waals surface area contributed by atoms with E-state index in [-0.39, 0.29) is 18.2 Å². The first kappa shape index (κ1) is 21.0. The molecule has 2 aromatic carbocycles. The lowest BCUT2D eigenvalue weighted by Gasteiger charge is -2.29. The summed E-state index contributed by atoms with van der Waals surface area (Å²) in [6, 6.07) is 13.9. The molecule has 34 heavy (non-hydrogen) atoms. The molecule has 5 aromatic rings. The van der Waals surface area contributed by atoms with Gasteiger partial charge in [-0.1, -0.05) is 24.3 Å². The molecule has 0 bridgehead atoms. The van der Waals surface area contributed by atoms with Gasteiger partial charge in [-0.3, -0.25) is 9.36 Å². The number of aliphatic hydroxyl groups is 1. The minimum atomic E-state index is -0.724. The minimum absolute atomic E-state index is 0.125. The highest BCUT2D eigenvalue weighted by atomic mass is 16.5. The molecule has 0 aliphatic carbocycles. The van der Waals surface area contributed by atoms with Crippen LogP contribution >= 0.6 is 0 Å². The van der Waals surface area contributed by atoms with Gasteiger partial charge in [-0.2, -0.15) is 0 Å². The van der Waals surface area contributed by atoms with E-state index in [2.05, 4.69) is 45.9 Å².